The van der Waals surface area contributed by atoms with Crippen molar-refractivity contribution in [3.05, 3.63) is 35.9 Å². The minimum absolute atomic E-state index is 0.247. The second kappa shape index (κ2) is 7.56. The van der Waals surface area contributed by atoms with Crippen LogP contribution in [0, 0.1) is 0 Å². The van der Waals surface area contributed by atoms with Gasteiger partial charge >= 0.3 is 0 Å². The van der Waals surface area contributed by atoms with Crippen molar-refractivity contribution in [2.24, 2.45) is 5.73 Å². The predicted octanol–water partition coefficient (Wildman–Crippen LogP) is 2.55. The standard InChI is InChI=1S/C15H24N2OS/c1-12(2)17-15(3,14(16)18)9-10-19-11-13-7-5-4-6-8-13/h4-8,12,17H,9-11H2,1-3H3,(H2,16,18). The van der Waals surface area contributed by atoms with Gasteiger partial charge in [0, 0.05) is 11.8 Å². The maximum absolute atomic E-state index is 11.6. The third-order valence-corrected chi connectivity index (χ3v) is 4.04. The van der Waals surface area contributed by atoms with Crippen LogP contribution in [0.15, 0.2) is 30.3 Å². The van der Waals surface area contributed by atoms with Crippen LogP contribution in [0.3, 0.4) is 0 Å². The fourth-order valence-electron chi connectivity index (χ4n) is 1.94. The van der Waals surface area contributed by atoms with Crippen LogP contribution in [0.2, 0.25) is 0 Å². The van der Waals surface area contributed by atoms with Gasteiger partial charge in [0.05, 0.1) is 5.54 Å². The van der Waals surface area contributed by atoms with Gasteiger partial charge in [0.25, 0.3) is 0 Å². The normalized spacial score (nSPS) is 14.3. The van der Waals surface area contributed by atoms with Crippen molar-refractivity contribution < 1.29 is 4.79 Å². The molecule has 106 valence electrons. The molecule has 0 saturated carbocycles. The molecule has 1 unspecified atom stereocenters. The van der Waals surface area contributed by atoms with E-state index in [0.29, 0.717) is 0 Å². The molecule has 1 aromatic carbocycles. The predicted molar refractivity (Wildman–Crippen MR) is 83.1 cm³/mol. The highest BCUT2D eigenvalue weighted by Crippen LogP contribution is 2.18. The minimum Gasteiger partial charge on any atom is -0.368 e. The number of nitrogens with two attached hydrogens (primary N) is 1. The maximum atomic E-state index is 11.6. The lowest BCUT2D eigenvalue weighted by Crippen LogP contribution is -2.55. The van der Waals surface area contributed by atoms with Crippen molar-refractivity contribution in [3.8, 4) is 0 Å². The number of primary amides is 1. The molecule has 1 amide bonds. The Labute approximate surface area is 120 Å². The number of carbonyl (C=O) groups is 1. The van der Waals surface area contributed by atoms with Crippen molar-refractivity contribution in [2.75, 3.05) is 5.75 Å². The van der Waals surface area contributed by atoms with E-state index in [1.807, 2.05) is 50.7 Å². The summed E-state index contributed by atoms with van der Waals surface area (Å²) in [6, 6.07) is 10.6. The van der Waals surface area contributed by atoms with E-state index in [4.69, 9.17) is 5.73 Å². The summed E-state index contributed by atoms with van der Waals surface area (Å²) >= 11 is 1.83. The summed E-state index contributed by atoms with van der Waals surface area (Å²) in [6.07, 6.45) is 0.748. The van der Waals surface area contributed by atoms with E-state index in [-0.39, 0.29) is 11.9 Å². The highest BCUT2D eigenvalue weighted by atomic mass is 32.2. The van der Waals surface area contributed by atoms with Gasteiger partial charge in [-0.3, -0.25) is 4.79 Å². The third-order valence-electron chi connectivity index (χ3n) is 3.01. The number of benzene rings is 1. The van der Waals surface area contributed by atoms with E-state index in [9.17, 15) is 4.79 Å². The molecule has 0 saturated heterocycles. The summed E-state index contributed by atoms with van der Waals surface area (Å²) in [5, 5.41) is 3.27. The molecule has 0 fully saturated rings. The van der Waals surface area contributed by atoms with Gasteiger partial charge in [-0.25, -0.2) is 0 Å². The molecule has 1 atom stereocenters. The van der Waals surface area contributed by atoms with Crippen LogP contribution >= 0.6 is 11.8 Å². The van der Waals surface area contributed by atoms with Gasteiger partial charge in [-0.05, 0) is 38.5 Å². The van der Waals surface area contributed by atoms with E-state index in [1.54, 1.807) is 0 Å². The summed E-state index contributed by atoms with van der Waals surface area (Å²) in [5.74, 6) is 1.60. The van der Waals surface area contributed by atoms with Crippen molar-refractivity contribution in [1.82, 2.24) is 5.32 Å². The second-order valence-electron chi connectivity index (χ2n) is 5.28. The first-order valence-corrected chi connectivity index (χ1v) is 7.79. The molecule has 0 aliphatic rings. The first-order chi connectivity index (χ1) is 8.94. The monoisotopic (exact) mass is 280 g/mol. The molecule has 4 heteroatoms. The first-order valence-electron chi connectivity index (χ1n) is 6.63. The molecule has 1 rings (SSSR count). The molecule has 19 heavy (non-hydrogen) atoms. The summed E-state index contributed by atoms with van der Waals surface area (Å²) in [5.41, 5.74) is 6.20. The number of nitrogens with one attached hydrogen (secondary N) is 1. The van der Waals surface area contributed by atoms with E-state index in [0.717, 1.165) is 17.9 Å². The fourth-order valence-corrected chi connectivity index (χ4v) is 3.07. The Bertz CT molecular complexity index is 394. The van der Waals surface area contributed by atoms with Gasteiger partial charge in [0.1, 0.15) is 0 Å². The lowest BCUT2D eigenvalue weighted by molar-refractivity contribution is -0.124. The first kappa shape index (κ1) is 16.1. The van der Waals surface area contributed by atoms with E-state index in [2.05, 4.69) is 17.4 Å². The van der Waals surface area contributed by atoms with Gasteiger partial charge in [-0.2, -0.15) is 11.8 Å². The molecule has 0 bridgehead atoms. The molecule has 0 aliphatic carbocycles. The molecule has 0 radical (unpaired) electrons. The average molecular weight is 280 g/mol. The van der Waals surface area contributed by atoms with Crippen LogP contribution in [-0.2, 0) is 10.5 Å². The lowest BCUT2D eigenvalue weighted by atomic mass is 9.97. The molecule has 3 nitrogen and oxygen atoms in total. The topological polar surface area (TPSA) is 55.1 Å². The molecule has 0 heterocycles. The summed E-state index contributed by atoms with van der Waals surface area (Å²) in [4.78, 5) is 11.6. The number of hydrogen-bond acceptors (Lipinski definition) is 3. The Morgan fingerprint density at radius 2 is 2.00 bits per heavy atom. The largest absolute Gasteiger partial charge is 0.368 e. The van der Waals surface area contributed by atoms with E-state index >= 15 is 0 Å². The zero-order valence-electron chi connectivity index (χ0n) is 12.0. The average Bonchev–Trinajstić information content (AvgIpc) is 2.35. The van der Waals surface area contributed by atoms with Crippen molar-refractivity contribution in [3.63, 3.8) is 0 Å². The Morgan fingerprint density at radius 3 is 2.53 bits per heavy atom. The Morgan fingerprint density at radius 1 is 1.37 bits per heavy atom. The maximum Gasteiger partial charge on any atom is 0.237 e. The van der Waals surface area contributed by atoms with Crippen molar-refractivity contribution in [1.29, 1.82) is 0 Å². The van der Waals surface area contributed by atoms with Gasteiger partial charge in [0.2, 0.25) is 5.91 Å². The van der Waals surface area contributed by atoms with Crippen LogP contribution in [-0.4, -0.2) is 23.2 Å². The van der Waals surface area contributed by atoms with Gasteiger partial charge in [-0.15, -0.1) is 0 Å². The molecule has 0 aliphatic heterocycles. The molecule has 0 spiro atoms. The number of rotatable bonds is 8. The zero-order chi connectivity index (χ0) is 14.3. The highest BCUT2D eigenvalue weighted by Gasteiger charge is 2.30. The Hall–Kier alpha value is -1.00. The van der Waals surface area contributed by atoms with Crippen LogP contribution in [0.25, 0.3) is 0 Å². The quantitative estimate of drug-likeness (QED) is 0.720. The van der Waals surface area contributed by atoms with Crippen LogP contribution in [0.1, 0.15) is 32.8 Å². The second-order valence-corrected chi connectivity index (χ2v) is 6.39. The van der Waals surface area contributed by atoms with Gasteiger partial charge in [0.15, 0.2) is 0 Å². The van der Waals surface area contributed by atoms with Gasteiger partial charge in [-0.1, -0.05) is 30.3 Å². The minimum atomic E-state index is -0.613. The van der Waals surface area contributed by atoms with Crippen LogP contribution in [0.5, 0.6) is 0 Å². The number of amides is 1. The van der Waals surface area contributed by atoms with Crippen molar-refractivity contribution >= 4 is 17.7 Å². The summed E-state index contributed by atoms with van der Waals surface area (Å²) in [6.45, 7) is 5.94. The van der Waals surface area contributed by atoms with E-state index in [1.165, 1.54) is 5.56 Å². The number of carbonyl (C=O) groups excluding carboxylic acids is 1. The molecule has 1 aromatic rings. The molecule has 3 N–H and O–H groups in total. The number of thioether (sulfide) groups is 1. The molecule has 0 aromatic heterocycles. The van der Waals surface area contributed by atoms with Crippen LogP contribution in [0.4, 0.5) is 0 Å². The summed E-state index contributed by atoms with van der Waals surface area (Å²) in [7, 11) is 0. The molecular formula is C15H24N2OS. The Balaban J connectivity index is 2.39. The van der Waals surface area contributed by atoms with Gasteiger partial charge < -0.3 is 11.1 Å². The smallest absolute Gasteiger partial charge is 0.237 e. The fraction of sp³-hybridized carbons (Fsp3) is 0.533. The van der Waals surface area contributed by atoms with E-state index < -0.39 is 5.54 Å². The SMILES string of the molecule is CC(C)NC(C)(CCSCc1ccccc1)C(N)=O. The third kappa shape index (κ3) is 5.66. The summed E-state index contributed by atoms with van der Waals surface area (Å²) < 4.78 is 0. The van der Waals surface area contributed by atoms with Crippen LogP contribution < -0.4 is 11.1 Å². The molecular weight excluding hydrogens is 256 g/mol. The highest BCUT2D eigenvalue weighted by molar-refractivity contribution is 7.98. The Kier molecular flexibility index (Phi) is 6.38. The van der Waals surface area contributed by atoms with Crippen molar-refractivity contribution in [2.45, 2.75) is 44.5 Å². The zero-order valence-corrected chi connectivity index (χ0v) is 12.8. The lowest BCUT2D eigenvalue weighted by Gasteiger charge is -2.29. The number of hydrogen-bond donors (Lipinski definition) is 2.